The molecule has 0 radical (unpaired) electrons. The van der Waals surface area contributed by atoms with Gasteiger partial charge in [-0.25, -0.2) is 0 Å². The van der Waals surface area contributed by atoms with Crippen LogP contribution >= 0.6 is 71.2 Å². The van der Waals surface area contributed by atoms with E-state index in [2.05, 4.69) is 10.6 Å². The third-order valence-corrected chi connectivity index (χ3v) is 6.50. The molecule has 2 N–H and O–H groups in total. The molecule has 0 aliphatic carbocycles. The molecular weight excluding hydrogens is 443 g/mol. The van der Waals surface area contributed by atoms with Crippen molar-refractivity contribution in [3.8, 4) is 0 Å². The fraction of sp³-hybridized carbons (Fsp3) is 0.222. The highest BCUT2D eigenvalue weighted by Crippen LogP contribution is 2.17. The van der Waals surface area contributed by atoms with Gasteiger partial charge in [-0.15, -0.1) is 0 Å². The monoisotopic (exact) mass is 460 g/mol. The van der Waals surface area contributed by atoms with Crippen LogP contribution in [-0.4, -0.2) is 21.7 Å². The molecule has 2 nitrogen and oxygen atoms in total. The molecule has 8 heteroatoms. The van der Waals surface area contributed by atoms with Crippen LogP contribution in [0.5, 0.6) is 0 Å². The Labute approximate surface area is 183 Å². The minimum atomic E-state index is 0.730. The van der Waals surface area contributed by atoms with E-state index in [0.717, 1.165) is 43.3 Å². The summed E-state index contributed by atoms with van der Waals surface area (Å²) >= 11 is 25.6. The van der Waals surface area contributed by atoms with Gasteiger partial charge in [0.05, 0.1) is 0 Å². The maximum Gasteiger partial charge on any atom is 0.134 e. The Morgan fingerprint density at radius 2 is 1.04 bits per heavy atom. The second kappa shape index (κ2) is 12.1. The summed E-state index contributed by atoms with van der Waals surface area (Å²) < 4.78 is 1.56. The van der Waals surface area contributed by atoms with Crippen LogP contribution in [-0.2, 0) is 11.5 Å². The molecule has 0 spiro atoms. The van der Waals surface area contributed by atoms with Gasteiger partial charge in [0.1, 0.15) is 8.64 Å². The molecule has 2 rings (SSSR count). The van der Waals surface area contributed by atoms with Crippen LogP contribution in [0.4, 0.5) is 0 Å². The maximum atomic E-state index is 5.88. The Kier molecular flexibility index (Phi) is 10.1. The van der Waals surface area contributed by atoms with E-state index < -0.39 is 0 Å². The zero-order chi connectivity index (χ0) is 18.8. The molecule has 0 bridgehead atoms. The first-order chi connectivity index (χ1) is 12.5. The number of thiocarbonyl (C=S) groups is 2. The van der Waals surface area contributed by atoms with E-state index in [4.69, 9.17) is 47.6 Å². The molecule has 26 heavy (non-hydrogen) atoms. The van der Waals surface area contributed by atoms with Crippen molar-refractivity contribution in [3.63, 3.8) is 0 Å². The van der Waals surface area contributed by atoms with Crippen LogP contribution in [0.1, 0.15) is 11.1 Å². The Balaban J connectivity index is 1.54. The molecular formula is C18H18Cl2N2S4. The van der Waals surface area contributed by atoms with Gasteiger partial charge in [0.2, 0.25) is 0 Å². The average Bonchev–Trinajstić information content (AvgIpc) is 2.64. The van der Waals surface area contributed by atoms with E-state index in [-0.39, 0.29) is 0 Å². The number of halogens is 2. The topological polar surface area (TPSA) is 24.1 Å². The normalized spacial score (nSPS) is 10.4. The highest BCUT2D eigenvalue weighted by atomic mass is 35.5. The predicted molar refractivity (Wildman–Crippen MR) is 127 cm³/mol. The zero-order valence-corrected chi connectivity index (χ0v) is 18.6. The second-order valence-electron chi connectivity index (χ2n) is 5.26. The number of nitrogens with one attached hydrogen (secondary N) is 2. The number of hydrogen-bond donors (Lipinski definition) is 2. The van der Waals surface area contributed by atoms with E-state index >= 15 is 0 Å². The van der Waals surface area contributed by atoms with E-state index in [0.29, 0.717) is 0 Å². The summed E-state index contributed by atoms with van der Waals surface area (Å²) in [4.78, 5) is 0. The van der Waals surface area contributed by atoms with Crippen LogP contribution in [0, 0.1) is 0 Å². The Morgan fingerprint density at radius 3 is 1.38 bits per heavy atom. The van der Waals surface area contributed by atoms with Crippen molar-refractivity contribution < 1.29 is 0 Å². The summed E-state index contributed by atoms with van der Waals surface area (Å²) in [5, 5.41) is 7.94. The Hall–Kier alpha value is -0.500. The number of thioether (sulfide) groups is 2. The molecule has 0 unspecified atom stereocenters. The van der Waals surface area contributed by atoms with Crippen molar-refractivity contribution in [2.75, 3.05) is 13.1 Å². The van der Waals surface area contributed by atoms with Gasteiger partial charge in [-0.1, -0.05) is 95.4 Å². The van der Waals surface area contributed by atoms with Crippen LogP contribution in [0.2, 0.25) is 10.0 Å². The van der Waals surface area contributed by atoms with Crippen LogP contribution in [0.25, 0.3) is 0 Å². The molecule has 0 aliphatic heterocycles. The van der Waals surface area contributed by atoms with Crippen molar-refractivity contribution in [1.29, 1.82) is 0 Å². The SMILES string of the molecule is S=C(NCCNC(=S)SCc1ccc(Cl)cc1)SCc1ccc(Cl)cc1. The highest BCUT2D eigenvalue weighted by molar-refractivity contribution is 8.22. The van der Waals surface area contributed by atoms with Gasteiger partial charge in [0.25, 0.3) is 0 Å². The van der Waals surface area contributed by atoms with Crippen molar-refractivity contribution in [1.82, 2.24) is 10.6 Å². The fourth-order valence-electron chi connectivity index (χ4n) is 1.89. The van der Waals surface area contributed by atoms with Crippen LogP contribution in [0.3, 0.4) is 0 Å². The molecule has 0 amide bonds. The van der Waals surface area contributed by atoms with Gasteiger partial charge in [0.15, 0.2) is 0 Å². The van der Waals surface area contributed by atoms with E-state index in [9.17, 15) is 0 Å². The highest BCUT2D eigenvalue weighted by Gasteiger charge is 2.01. The van der Waals surface area contributed by atoms with Gasteiger partial charge in [0, 0.05) is 34.6 Å². The molecule has 2 aromatic rings. The van der Waals surface area contributed by atoms with Gasteiger partial charge < -0.3 is 10.6 Å². The quantitative estimate of drug-likeness (QED) is 0.393. The van der Waals surface area contributed by atoms with Crippen molar-refractivity contribution in [2.24, 2.45) is 0 Å². The summed E-state index contributed by atoms with van der Waals surface area (Å²) in [5.41, 5.74) is 2.39. The molecule has 0 atom stereocenters. The summed E-state index contributed by atoms with van der Waals surface area (Å²) in [6.07, 6.45) is 0. The summed E-state index contributed by atoms with van der Waals surface area (Å²) in [6, 6.07) is 15.6. The minimum Gasteiger partial charge on any atom is -0.369 e. The lowest BCUT2D eigenvalue weighted by atomic mass is 10.2. The van der Waals surface area contributed by atoms with Crippen molar-refractivity contribution in [2.45, 2.75) is 11.5 Å². The maximum absolute atomic E-state index is 5.88. The van der Waals surface area contributed by atoms with Gasteiger partial charge >= 0.3 is 0 Å². The molecule has 0 aromatic heterocycles. The molecule has 2 aromatic carbocycles. The van der Waals surface area contributed by atoms with E-state index in [1.54, 1.807) is 23.5 Å². The second-order valence-corrected chi connectivity index (χ2v) is 9.44. The van der Waals surface area contributed by atoms with Gasteiger partial charge in [-0.05, 0) is 35.4 Å². The minimum absolute atomic E-state index is 0.730. The number of benzene rings is 2. The first-order valence-corrected chi connectivity index (χ1v) is 11.4. The molecule has 0 heterocycles. The first-order valence-electron chi connectivity index (χ1n) is 7.83. The molecule has 0 saturated heterocycles. The Bertz CT molecular complexity index is 657. The molecule has 0 saturated carbocycles. The van der Waals surface area contributed by atoms with E-state index in [1.165, 1.54) is 11.1 Å². The average molecular weight is 462 g/mol. The lowest BCUT2D eigenvalue weighted by Gasteiger charge is -2.10. The lowest BCUT2D eigenvalue weighted by Crippen LogP contribution is -2.31. The van der Waals surface area contributed by atoms with Gasteiger partial charge in [-0.3, -0.25) is 0 Å². The summed E-state index contributed by atoms with van der Waals surface area (Å²) in [7, 11) is 0. The number of rotatable bonds is 7. The summed E-state index contributed by atoms with van der Waals surface area (Å²) in [5.74, 6) is 1.65. The van der Waals surface area contributed by atoms with Crippen molar-refractivity contribution >= 4 is 79.8 Å². The van der Waals surface area contributed by atoms with Crippen LogP contribution < -0.4 is 10.6 Å². The van der Waals surface area contributed by atoms with Gasteiger partial charge in [-0.2, -0.15) is 0 Å². The lowest BCUT2D eigenvalue weighted by molar-refractivity contribution is 0.833. The smallest absolute Gasteiger partial charge is 0.134 e. The number of hydrogen-bond acceptors (Lipinski definition) is 4. The summed E-state index contributed by atoms with van der Waals surface area (Å²) in [6.45, 7) is 1.46. The standard InChI is InChI=1S/C18H18Cl2N2S4/c19-15-5-1-13(2-6-15)11-25-17(23)21-9-10-22-18(24)26-12-14-3-7-16(20)8-4-14/h1-8H,9-12H2,(H,21,23)(H,22,24). The molecule has 138 valence electrons. The zero-order valence-electron chi connectivity index (χ0n) is 13.8. The first kappa shape index (κ1) is 21.8. The molecule has 0 fully saturated rings. The predicted octanol–water partition coefficient (Wildman–Crippen LogP) is 5.91. The third kappa shape index (κ3) is 8.93. The molecule has 0 aliphatic rings. The largest absolute Gasteiger partial charge is 0.369 e. The third-order valence-electron chi connectivity index (χ3n) is 3.23. The van der Waals surface area contributed by atoms with Crippen LogP contribution in [0.15, 0.2) is 48.5 Å². The van der Waals surface area contributed by atoms with E-state index in [1.807, 2.05) is 48.5 Å². The fourth-order valence-corrected chi connectivity index (χ4v) is 4.09. The van der Waals surface area contributed by atoms with Crippen molar-refractivity contribution in [3.05, 3.63) is 69.7 Å². The Morgan fingerprint density at radius 1 is 0.692 bits per heavy atom.